The van der Waals surface area contributed by atoms with Crippen LogP contribution in [0.4, 0.5) is 0 Å². The van der Waals surface area contributed by atoms with E-state index >= 15 is 0 Å². The van der Waals surface area contributed by atoms with E-state index in [4.69, 9.17) is 10.00 Å². The molecule has 1 aromatic rings. The van der Waals surface area contributed by atoms with Crippen LogP contribution < -0.4 is 4.74 Å². The average Bonchev–Trinajstić information content (AvgIpc) is 2.18. The highest BCUT2D eigenvalue weighted by molar-refractivity contribution is 5.48. The standard InChI is InChI=1S/C11H13NO/c1-3-9-6-5-7-10(8-12)11(9)13-4-2/h5-7H,3-4H2,1-2H3. The quantitative estimate of drug-likeness (QED) is 0.707. The van der Waals surface area contributed by atoms with Crippen molar-refractivity contribution < 1.29 is 4.74 Å². The monoisotopic (exact) mass is 175 g/mol. The maximum atomic E-state index is 8.84. The molecule has 0 bridgehead atoms. The van der Waals surface area contributed by atoms with E-state index in [0.29, 0.717) is 12.2 Å². The molecule has 1 aromatic carbocycles. The summed E-state index contributed by atoms with van der Waals surface area (Å²) in [5.74, 6) is 0.745. The van der Waals surface area contributed by atoms with E-state index in [9.17, 15) is 0 Å². The van der Waals surface area contributed by atoms with E-state index in [-0.39, 0.29) is 0 Å². The summed E-state index contributed by atoms with van der Waals surface area (Å²) in [7, 11) is 0. The van der Waals surface area contributed by atoms with Gasteiger partial charge in [-0.15, -0.1) is 0 Å². The van der Waals surface area contributed by atoms with Crippen molar-refractivity contribution in [1.29, 1.82) is 5.26 Å². The molecule has 0 saturated heterocycles. The normalized spacial score (nSPS) is 9.31. The molecule has 2 heteroatoms. The molecule has 0 amide bonds. The van der Waals surface area contributed by atoms with E-state index in [1.807, 2.05) is 19.1 Å². The number of hydrogen-bond acceptors (Lipinski definition) is 2. The third-order valence-corrected chi connectivity index (χ3v) is 1.89. The first-order valence-corrected chi connectivity index (χ1v) is 4.48. The maximum Gasteiger partial charge on any atom is 0.140 e. The molecule has 0 aliphatic heterocycles. The molecular weight excluding hydrogens is 162 g/mol. The van der Waals surface area contributed by atoms with Crippen LogP contribution in [0.15, 0.2) is 18.2 Å². The number of nitriles is 1. The highest BCUT2D eigenvalue weighted by Gasteiger charge is 2.06. The first kappa shape index (κ1) is 9.60. The van der Waals surface area contributed by atoms with Crippen LogP contribution in [0.1, 0.15) is 25.0 Å². The Morgan fingerprint density at radius 3 is 2.69 bits per heavy atom. The first-order chi connectivity index (χ1) is 6.33. The van der Waals surface area contributed by atoms with Gasteiger partial charge < -0.3 is 4.74 Å². The van der Waals surface area contributed by atoms with E-state index in [2.05, 4.69) is 13.0 Å². The number of nitrogens with zero attached hydrogens (tertiary/aromatic N) is 1. The lowest BCUT2D eigenvalue weighted by Gasteiger charge is -2.09. The minimum Gasteiger partial charge on any atom is -0.492 e. The van der Waals surface area contributed by atoms with Crippen molar-refractivity contribution in [1.82, 2.24) is 0 Å². The number of ether oxygens (including phenoxy) is 1. The van der Waals surface area contributed by atoms with Gasteiger partial charge in [0, 0.05) is 0 Å². The Labute approximate surface area is 78.8 Å². The molecule has 0 unspecified atom stereocenters. The van der Waals surface area contributed by atoms with Crippen LogP contribution in [-0.4, -0.2) is 6.61 Å². The molecule has 0 spiro atoms. The Bertz CT molecular complexity index is 325. The van der Waals surface area contributed by atoms with Crippen molar-refractivity contribution in [2.45, 2.75) is 20.3 Å². The van der Waals surface area contributed by atoms with Gasteiger partial charge >= 0.3 is 0 Å². The van der Waals surface area contributed by atoms with E-state index < -0.39 is 0 Å². The molecule has 0 heterocycles. The maximum absolute atomic E-state index is 8.84. The van der Waals surface area contributed by atoms with Crippen LogP contribution >= 0.6 is 0 Å². The first-order valence-electron chi connectivity index (χ1n) is 4.48. The Morgan fingerprint density at radius 1 is 1.38 bits per heavy atom. The van der Waals surface area contributed by atoms with Crippen molar-refractivity contribution in [3.8, 4) is 11.8 Å². The van der Waals surface area contributed by atoms with Crippen LogP contribution in [0.2, 0.25) is 0 Å². The predicted molar refractivity (Wildman–Crippen MR) is 51.7 cm³/mol. The third kappa shape index (κ3) is 2.00. The molecule has 0 atom stereocenters. The number of benzene rings is 1. The highest BCUT2D eigenvalue weighted by Crippen LogP contribution is 2.23. The Morgan fingerprint density at radius 2 is 2.15 bits per heavy atom. The van der Waals surface area contributed by atoms with E-state index in [1.165, 1.54) is 0 Å². The summed E-state index contributed by atoms with van der Waals surface area (Å²) in [6.07, 6.45) is 0.894. The van der Waals surface area contributed by atoms with Crippen molar-refractivity contribution in [2.24, 2.45) is 0 Å². The molecule has 0 fully saturated rings. The lowest BCUT2D eigenvalue weighted by atomic mass is 10.1. The number of hydrogen-bond donors (Lipinski definition) is 0. The smallest absolute Gasteiger partial charge is 0.140 e. The molecule has 0 aliphatic carbocycles. The molecule has 0 aliphatic rings. The van der Waals surface area contributed by atoms with Gasteiger partial charge in [0.2, 0.25) is 0 Å². The van der Waals surface area contributed by atoms with Gasteiger partial charge in [-0.25, -0.2) is 0 Å². The summed E-state index contributed by atoms with van der Waals surface area (Å²) in [4.78, 5) is 0. The number of aryl methyl sites for hydroxylation is 1. The zero-order chi connectivity index (χ0) is 9.68. The summed E-state index contributed by atoms with van der Waals surface area (Å²) in [5, 5.41) is 8.84. The van der Waals surface area contributed by atoms with E-state index in [1.54, 1.807) is 6.07 Å². The second-order valence-corrected chi connectivity index (χ2v) is 2.69. The lowest BCUT2D eigenvalue weighted by molar-refractivity contribution is 0.336. The van der Waals surface area contributed by atoms with Crippen molar-refractivity contribution in [3.63, 3.8) is 0 Å². The SMILES string of the molecule is CCOc1c(C#N)cccc1CC. The van der Waals surface area contributed by atoms with Crippen molar-refractivity contribution in [3.05, 3.63) is 29.3 Å². The fourth-order valence-electron chi connectivity index (χ4n) is 1.27. The minimum absolute atomic E-state index is 0.603. The molecule has 1 rings (SSSR count). The molecule has 0 aromatic heterocycles. The van der Waals surface area contributed by atoms with Gasteiger partial charge in [0.25, 0.3) is 0 Å². The van der Waals surface area contributed by atoms with Gasteiger partial charge in [0.1, 0.15) is 11.8 Å². The van der Waals surface area contributed by atoms with Crippen LogP contribution in [0, 0.1) is 11.3 Å². The highest BCUT2D eigenvalue weighted by atomic mass is 16.5. The second kappa shape index (κ2) is 4.51. The van der Waals surface area contributed by atoms with Crippen molar-refractivity contribution >= 4 is 0 Å². The number of para-hydroxylation sites is 1. The molecule has 2 nitrogen and oxygen atoms in total. The van der Waals surface area contributed by atoms with Gasteiger partial charge in [0.15, 0.2) is 0 Å². The van der Waals surface area contributed by atoms with Gasteiger partial charge in [-0.2, -0.15) is 5.26 Å². The summed E-state index contributed by atoms with van der Waals surface area (Å²) >= 11 is 0. The predicted octanol–water partition coefficient (Wildman–Crippen LogP) is 2.52. The topological polar surface area (TPSA) is 33.0 Å². The van der Waals surface area contributed by atoms with Gasteiger partial charge in [-0.05, 0) is 25.0 Å². The van der Waals surface area contributed by atoms with Crippen LogP contribution in [-0.2, 0) is 6.42 Å². The van der Waals surface area contributed by atoms with Gasteiger partial charge in [0.05, 0.1) is 12.2 Å². The Hall–Kier alpha value is -1.49. The Balaban J connectivity index is 3.15. The summed E-state index contributed by atoms with van der Waals surface area (Å²) in [6.45, 7) is 4.58. The Kier molecular flexibility index (Phi) is 3.33. The fraction of sp³-hybridized carbons (Fsp3) is 0.364. The average molecular weight is 175 g/mol. The summed E-state index contributed by atoms with van der Waals surface area (Å²) < 4.78 is 5.43. The third-order valence-electron chi connectivity index (χ3n) is 1.89. The molecule has 0 N–H and O–H groups in total. The van der Waals surface area contributed by atoms with Crippen LogP contribution in [0.5, 0.6) is 5.75 Å². The van der Waals surface area contributed by atoms with Crippen molar-refractivity contribution in [2.75, 3.05) is 6.61 Å². The molecule has 0 radical (unpaired) electrons. The second-order valence-electron chi connectivity index (χ2n) is 2.69. The summed E-state index contributed by atoms with van der Waals surface area (Å²) in [5.41, 5.74) is 1.72. The number of rotatable bonds is 3. The van der Waals surface area contributed by atoms with E-state index in [0.717, 1.165) is 17.7 Å². The zero-order valence-corrected chi connectivity index (χ0v) is 8.00. The summed E-state index contributed by atoms with van der Waals surface area (Å²) in [6, 6.07) is 7.79. The van der Waals surface area contributed by atoms with Crippen LogP contribution in [0.3, 0.4) is 0 Å². The lowest BCUT2D eigenvalue weighted by Crippen LogP contribution is -1.98. The fourth-order valence-corrected chi connectivity index (χ4v) is 1.27. The minimum atomic E-state index is 0.603. The van der Waals surface area contributed by atoms with Gasteiger partial charge in [-0.1, -0.05) is 19.1 Å². The molecular formula is C11H13NO. The molecule has 0 saturated carbocycles. The van der Waals surface area contributed by atoms with Gasteiger partial charge in [-0.3, -0.25) is 0 Å². The zero-order valence-electron chi connectivity index (χ0n) is 8.00. The molecule has 68 valence electrons. The van der Waals surface area contributed by atoms with Crippen LogP contribution in [0.25, 0.3) is 0 Å². The molecule has 13 heavy (non-hydrogen) atoms. The largest absolute Gasteiger partial charge is 0.492 e.